The lowest BCUT2D eigenvalue weighted by molar-refractivity contribution is -0.0154. The summed E-state index contributed by atoms with van der Waals surface area (Å²) >= 11 is 0. The van der Waals surface area contributed by atoms with Crippen LogP contribution in [0.2, 0.25) is 0 Å². The molecule has 0 N–H and O–H groups in total. The van der Waals surface area contributed by atoms with Gasteiger partial charge in [-0.1, -0.05) is 99.3 Å². The van der Waals surface area contributed by atoms with Crippen molar-refractivity contribution in [1.29, 1.82) is 0 Å². The molecular formula is C36H64O. The summed E-state index contributed by atoms with van der Waals surface area (Å²) < 4.78 is 6.78. The largest absolute Gasteiger partial charge is 0.374 e. The highest BCUT2D eigenvalue weighted by atomic mass is 16.5. The second-order valence-electron chi connectivity index (χ2n) is 15.6. The number of rotatable bonds is 15. The molecule has 4 unspecified atom stereocenters. The molecule has 1 saturated heterocycles. The van der Waals surface area contributed by atoms with E-state index in [1.165, 1.54) is 102 Å². The summed E-state index contributed by atoms with van der Waals surface area (Å²) in [7, 11) is 0. The number of allylic oxidation sites excluding steroid dienone is 3. The molecule has 1 heteroatoms. The molecule has 0 amide bonds. The van der Waals surface area contributed by atoms with Crippen LogP contribution >= 0.6 is 0 Å². The number of unbranched alkanes of at least 4 members (excludes halogenated alkanes) is 1. The van der Waals surface area contributed by atoms with Gasteiger partial charge in [0, 0.05) is 0 Å². The standard InChI is InChI=1S/C36H64O/c1-10-35(6,7)25-36(8,9)24-29(5)31-18-19-32(23-31)34-21-20-33(37-34)28(4)15-12-11-14-26(2)22-30-17-13-16-27(30)3/h17,26,28-29,31-34H,3,10-16,18-25H2,1-2,4-9H3/t26?,28?,29-,31?,32+,33-,34?/m1/s1. The minimum Gasteiger partial charge on any atom is -0.374 e. The van der Waals surface area contributed by atoms with Crippen LogP contribution in [-0.2, 0) is 4.74 Å². The first-order valence-corrected chi connectivity index (χ1v) is 16.4. The van der Waals surface area contributed by atoms with Gasteiger partial charge in [0.05, 0.1) is 12.2 Å². The Morgan fingerprint density at radius 2 is 1.68 bits per heavy atom. The van der Waals surface area contributed by atoms with Crippen molar-refractivity contribution in [3.05, 3.63) is 23.8 Å². The average Bonchev–Trinajstić information content (AvgIpc) is 3.57. The fourth-order valence-electron chi connectivity index (χ4n) is 8.47. The zero-order chi connectivity index (χ0) is 27.2. The van der Waals surface area contributed by atoms with E-state index in [2.05, 4.69) is 68.0 Å². The van der Waals surface area contributed by atoms with Crippen LogP contribution < -0.4 is 0 Å². The van der Waals surface area contributed by atoms with Crippen LogP contribution in [-0.4, -0.2) is 12.2 Å². The third kappa shape index (κ3) is 9.54. The van der Waals surface area contributed by atoms with E-state index in [1.54, 1.807) is 5.57 Å². The molecular weight excluding hydrogens is 448 g/mol. The van der Waals surface area contributed by atoms with E-state index in [1.807, 2.05) is 0 Å². The van der Waals surface area contributed by atoms with Crippen LogP contribution in [0.5, 0.6) is 0 Å². The van der Waals surface area contributed by atoms with E-state index in [4.69, 9.17) is 4.74 Å². The monoisotopic (exact) mass is 512 g/mol. The summed E-state index contributed by atoms with van der Waals surface area (Å²) in [5.74, 6) is 4.09. The van der Waals surface area contributed by atoms with Crippen LogP contribution in [0, 0.1) is 40.4 Å². The molecule has 0 spiro atoms. The quantitative estimate of drug-likeness (QED) is 0.198. The van der Waals surface area contributed by atoms with Gasteiger partial charge in [0.15, 0.2) is 0 Å². The second kappa shape index (κ2) is 13.7. The molecule has 7 atom stereocenters. The summed E-state index contributed by atoms with van der Waals surface area (Å²) in [6, 6.07) is 0. The molecule has 1 nitrogen and oxygen atoms in total. The molecule has 37 heavy (non-hydrogen) atoms. The lowest BCUT2D eigenvalue weighted by Gasteiger charge is -2.37. The minimum absolute atomic E-state index is 0.446. The fourth-order valence-corrected chi connectivity index (χ4v) is 8.47. The van der Waals surface area contributed by atoms with Crippen molar-refractivity contribution in [3.8, 4) is 0 Å². The number of hydrogen-bond acceptors (Lipinski definition) is 1. The minimum atomic E-state index is 0.446. The Kier molecular flexibility index (Phi) is 11.4. The van der Waals surface area contributed by atoms with Crippen LogP contribution in [0.4, 0.5) is 0 Å². The first kappa shape index (κ1) is 31.0. The molecule has 2 aliphatic carbocycles. The molecule has 1 aliphatic heterocycles. The maximum absolute atomic E-state index is 6.78. The number of hydrogen-bond donors (Lipinski definition) is 0. The number of ether oxygens (including phenoxy) is 1. The highest BCUT2D eigenvalue weighted by Crippen LogP contribution is 2.47. The van der Waals surface area contributed by atoms with Crippen molar-refractivity contribution >= 4 is 0 Å². The van der Waals surface area contributed by atoms with Crippen molar-refractivity contribution in [2.75, 3.05) is 0 Å². The predicted molar refractivity (Wildman–Crippen MR) is 163 cm³/mol. The molecule has 1 saturated carbocycles. The first-order valence-electron chi connectivity index (χ1n) is 16.4. The topological polar surface area (TPSA) is 9.23 Å². The van der Waals surface area contributed by atoms with Crippen molar-refractivity contribution in [3.63, 3.8) is 0 Å². The Hall–Kier alpha value is -0.560. The zero-order valence-corrected chi connectivity index (χ0v) is 26.3. The van der Waals surface area contributed by atoms with Gasteiger partial charge in [0.2, 0.25) is 0 Å². The van der Waals surface area contributed by atoms with E-state index < -0.39 is 0 Å². The Morgan fingerprint density at radius 1 is 0.946 bits per heavy atom. The van der Waals surface area contributed by atoms with Gasteiger partial charge < -0.3 is 4.74 Å². The van der Waals surface area contributed by atoms with Crippen LogP contribution in [0.15, 0.2) is 23.8 Å². The lowest BCUT2D eigenvalue weighted by Crippen LogP contribution is -2.27. The highest BCUT2D eigenvalue weighted by Gasteiger charge is 2.40. The van der Waals surface area contributed by atoms with E-state index in [0.717, 1.165) is 29.6 Å². The van der Waals surface area contributed by atoms with Gasteiger partial charge in [-0.25, -0.2) is 0 Å². The molecule has 1 heterocycles. The lowest BCUT2D eigenvalue weighted by atomic mass is 9.68. The maximum Gasteiger partial charge on any atom is 0.0608 e. The van der Waals surface area contributed by atoms with Gasteiger partial charge in [-0.15, -0.1) is 0 Å². The van der Waals surface area contributed by atoms with Gasteiger partial charge in [0.25, 0.3) is 0 Å². The summed E-state index contributed by atoms with van der Waals surface area (Å²) in [4.78, 5) is 0. The van der Waals surface area contributed by atoms with Crippen molar-refractivity contribution < 1.29 is 4.74 Å². The molecule has 2 fully saturated rings. The molecule has 0 aromatic carbocycles. The van der Waals surface area contributed by atoms with E-state index >= 15 is 0 Å². The van der Waals surface area contributed by atoms with Crippen LogP contribution in [0.1, 0.15) is 152 Å². The molecule has 0 radical (unpaired) electrons. The van der Waals surface area contributed by atoms with Crippen molar-refractivity contribution in [1.82, 2.24) is 0 Å². The molecule has 0 aromatic heterocycles. The maximum atomic E-state index is 6.78. The van der Waals surface area contributed by atoms with Gasteiger partial charge in [-0.2, -0.15) is 0 Å². The molecule has 3 rings (SSSR count). The Morgan fingerprint density at radius 3 is 2.35 bits per heavy atom. The second-order valence-corrected chi connectivity index (χ2v) is 15.6. The van der Waals surface area contributed by atoms with Crippen LogP contribution in [0.25, 0.3) is 0 Å². The first-order chi connectivity index (χ1) is 17.4. The van der Waals surface area contributed by atoms with E-state index in [9.17, 15) is 0 Å². The van der Waals surface area contributed by atoms with Crippen molar-refractivity contribution in [2.24, 2.45) is 40.4 Å². The molecule has 214 valence electrons. The summed E-state index contributed by atoms with van der Waals surface area (Å²) in [5.41, 5.74) is 3.86. The van der Waals surface area contributed by atoms with E-state index in [-0.39, 0.29) is 0 Å². The SMILES string of the molecule is C=C1CCC=C1CC(C)CCCCC(C)[C@H]1CCC([C@H]2CCC([C@H](C)CC(C)(C)CC(C)(C)CC)C2)O1. The average molecular weight is 513 g/mol. The molecule has 0 bridgehead atoms. The zero-order valence-electron chi connectivity index (χ0n) is 26.3. The molecule has 3 aliphatic rings. The van der Waals surface area contributed by atoms with Crippen LogP contribution in [0.3, 0.4) is 0 Å². The Labute approximate surface area is 232 Å². The van der Waals surface area contributed by atoms with E-state index in [0.29, 0.717) is 23.0 Å². The van der Waals surface area contributed by atoms with Gasteiger partial charge in [-0.3, -0.25) is 0 Å². The van der Waals surface area contributed by atoms with Gasteiger partial charge >= 0.3 is 0 Å². The summed E-state index contributed by atoms with van der Waals surface area (Å²) in [6.45, 7) is 24.0. The third-order valence-electron chi connectivity index (χ3n) is 10.8. The Bertz CT molecular complexity index is 742. The Balaban J connectivity index is 1.33. The van der Waals surface area contributed by atoms with Gasteiger partial charge in [0.1, 0.15) is 0 Å². The highest BCUT2D eigenvalue weighted by molar-refractivity contribution is 5.33. The normalized spacial score (nSPS) is 29.5. The summed E-state index contributed by atoms with van der Waals surface area (Å²) in [5, 5.41) is 0. The van der Waals surface area contributed by atoms with Crippen molar-refractivity contribution in [2.45, 2.75) is 164 Å². The fraction of sp³-hybridized carbons (Fsp3) is 0.889. The smallest absolute Gasteiger partial charge is 0.0608 e. The molecule has 0 aromatic rings. The summed E-state index contributed by atoms with van der Waals surface area (Å²) in [6.07, 6.45) is 23.5. The predicted octanol–water partition coefficient (Wildman–Crippen LogP) is 11.3. The van der Waals surface area contributed by atoms with Gasteiger partial charge in [-0.05, 0) is 117 Å². The third-order valence-corrected chi connectivity index (χ3v) is 10.8.